The van der Waals surface area contributed by atoms with Crippen molar-refractivity contribution in [1.82, 2.24) is 5.32 Å². The minimum Gasteiger partial charge on any atom is -0.378 e. The van der Waals surface area contributed by atoms with Crippen LogP contribution >= 0.6 is 0 Å². The summed E-state index contributed by atoms with van der Waals surface area (Å²) in [6.45, 7) is 7.97. The summed E-state index contributed by atoms with van der Waals surface area (Å²) in [6, 6.07) is 5.86. The maximum Gasteiger partial charge on any atom is 0.146 e. The van der Waals surface area contributed by atoms with Crippen LogP contribution in [0.5, 0.6) is 0 Å². The van der Waals surface area contributed by atoms with Crippen LogP contribution in [0.2, 0.25) is 0 Å². The van der Waals surface area contributed by atoms with E-state index >= 15 is 0 Å². The summed E-state index contributed by atoms with van der Waals surface area (Å²) < 4.78 is 19.2. The third-order valence-corrected chi connectivity index (χ3v) is 3.63. The van der Waals surface area contributed by atoms with Gasteiger partial charge in [-0.25, -0.2) is 4.39 Å². The van der Waals surface area contributed by atoms with E-state index in [-0.39, 0.29) is 5.82 Å². The second kappa shape index (κ2) is 6.87. The van der Waals surface area contributed by atoms with Crippen molar-refractivity contribution in [3.63, 3.8) is 0 Å². The van der Waals surface area contributed by atoms with Gasteiger partial charge in [0.25, 0.3) is 0 Å². The van der Waals surface area contributed by atoms with E-state index in [0.717, 1.165) is 31.6 Å². The molecular formula is C15H23FN2O. The molecule has 1 aliphatic heterocycles. The molecule has 0 spiro atoms. The summed E-state index contributed by atoms with van der Waals surface area (Å²) in [5.74, 6) is -0.144. The summed E-state index contributed by atoms with van der Waals surface area (Å²) >= 11 is 0. The van der Waals surface area contributed by atoms with Gasteiger partial charge in [0.05, 0.1) is 18.9 Å². The fourth-order valence-electron chi connectivity index (χ4n) is 2.15. The molecule has 1 fully saturated rings. The highest BCUT2D eigenvalue weighted by molar-refractivity contribution is 5.50. The zero-order valence-electron chi connectivity index (χ0n) is 11.8. The standard InChI is InChI=1S/C15H23FN2O/c1-3-12(2)17-11-13-4-5-14(16)15(10-13)18-6-8-19-9-7-18/h4-5,10,12,17H,3,6-9,11H2,1-2H3. The molecular weight excluding hydrogens is 243 g/mol. The Morgan fingerprint density at radius 1 is 1.37 bits per heavy atom. The summed E-state index contributed by atoms with van der Waals surface area (Å²) in [4.78, 5) is 2.06. The van der Waals surface area contributed by atoms with Crippen LogP contribution in [-0.2, 0) is 11.3 Å². The Hall–Kier alpha value is -1.13. The van der Waals surface area contributed by atoms with E-state index in [4.69, 9.17) is 4.74 Å². The maximum atomic E-state index is 13.9. The third kappa shape index (κ3) is 3.91. The quantitative estimate of drug-likeness (QED) is 0.886. The summed E-state index contributed by atoms with van der Waals surface area (Å²) in [7, 11) is 0. The number of benzene rings is 1. The number of anilines is 1. The Kier molecular flexibility index (Phi) is 5.16. The van der Waals surface area contributed by atoms with Gasteiger partial charge < -0.3 is 15.0 Å². The van der Waals surface area contributed by atoms with Crippen LogP contribution in [0.4, 0.5) is 10.1 Å². The molecule has 0 aliphatic carbocycles. The van der Waals surface area contributed by atoms with Crippen molar-refractivity contribution in [1.29, 1.82) is 0 Å². The summed E-state index contributed by atoms with van der Waals surface area (Å²) in [5.41, 5.74) is 1.83. The van der Waals surface area contributed by atoms with Crippen molar-refractivity contribution in [3.05, 3.63) is 29.6 Å². The van der Waals surface area contributed by atoms with Gasteiger partial charge in [-0.15, -0.1) is 0 Å². The molecule has 1 atom stereocenters. The van der Waals surface area contributed by atoms with E-state index in [1.54, 1.807) is 6.07 Å². The Balaban J connectivity index is 2.05. The molecule has 0 aromatic heterocycles. The molecule has 0 radical (unpaired) electrons. The smallest absolute Gasteiger partial charge is 0.146 e. The second-order valence-corrected chi connectivity index (χ2v) is 5.08. The van der Waals surface area contributed by atoms with Crippen LogP contribution in [0.15, 0.2) is 18.2 Å². The van der Waals surface area contributed by atoms with Gasteiger partial charge in [0.1, 0.15) is 5.82 Å². The predicted octanol–water partition coefficient (Wildman–Crippen LogP) is 2.55. The van der Waals surface area contributed by atoms with E-state index in [1.807, 2.05) is 12.1 Å². The van der Waals surface area contributed by atoms with Crippen molar-refractivity contribution >= 4 is 5.69 Å². The third-order valence-electron chi connectivity index (χ3n) is 3.63. The predicted molar refractivity (Wildman–Crippen MR) is 76.0 cm³/mol. The van der Waals surface area contributed by atoms with Crippen molar-refractivity contribution < 1.29 is 9.13 Å². The average molecular weight is 266 g/mol. The van der Waals surface area contributed by atoms with Gasteiger partial charge >= 0.3 is 0 Å². The minimum absolute atomic E-state index is 0.144. The molecule has 1 unspecified atom stereocenters. The van der Waals surface area contributed by atoms with Crippen LogP contribution in [-0.4, -0.2) is 32.3 Å². The first-order chi connectivity index (χ1) is 9.20. The van der Waals surface area contributed by atoms with E-state index in [1.165, 1.54) is 0 Å². The number of rotatable bonds is 5. The second-order valence-electron chi connectivity index (χ2n) is 5.08. The van der Waals surface area contributed by atoms with Gasteiger partial charge in [-0.05, 0) is 31.0 Å². The SMILES string of the molecule is CCC(C)NCc1ccc(F)c(N2CCOCC2)c1. The van der Waals surface area contributed by atoms with Gasteiger partial charge in [-0.3, -0.25) is 0 Å². The molecule has 2 rings (SSSR count). The molecule has 106 valence electrons. The molecule has 1 aromatic carbocycles. The fraction of sp³-hybridized carbons (Fsp3) is 0.600. The monoisotopic (exact) mass is 266 g/mol. The first-order valence-electron chi connectivity index (χ1n) is 7.05. The van der Waals surface area contributed by atoms with Crippen LogP contribution in [0.1, 0.15) is 25.8 Å². The van der Waals surface area contributed by atoms with Crippen LogP contribution < -0.4 is 10.2 Å². The summed E-state index contributed by atoms with van der Waals surface area (Å²) in [5, 5.41) is 3.43. The van der Waals surface area contributed by atoms with Crippen molar-refractivity contribution in [2.45, 2.75) is 32.9 Å². The molecule has 1 N–H and O–H groups in total. The number of morpholine rings is 1. The first kappa shape index (κ1) is 14.3. The molecule has 0 amide bonds. The lowest BCUT2D eigenvalue weighted by Gasteiger charge is -2.29. The van der Waals surface area contributed by atoms with Crippen molar-refractivity contribution in [2.75, 3.05) is 31.2 Å². The number of hydrogen-bond acceptors (Lipinski definition) is 3. The van der Waals surface area contributed by atoms with Crippen LogP contribution in [0, 0.1) is 5.82 Å². The number of ether oxygens (including phenoxy) is 1. The zero-order valence-corrected chi connectivity index (χ0v) is 11.8. The highest BCUT2D eigenvalue weighted by atomic mass is 19.1. The fourth-order valence-corrected chi connectivity index (χ4v) is 2.15. The molecule has 1 heterocycles. The maximum absolute atomic E-state index is 13.9. The van der Waals surface area contributed by atoms with Crippen molar-refractivity contribution in [3.8, 4) is 0 Å². The number of nitrogens with one attached hydrogen (secondary N) is 1. The Morgan fingerprint density at radius 2 is 2.11 bits per heavy atom. The Bertz CT molecular complexity index is 405. The Morgan fingerprint density at radius 3 is 2.79 bits per heavy atom. The number of hydrogen-bond donors (Lipinski definition) is 1. The van der Waals surface area contributed by atoms with Gasteiger partial charge in [0, 0.05) is 25.7 Å². The van der Waals surface area contributed by atoms with E-state index in [9.17, 15) is 4.39 Å². The Labute approximate surface area is 114 Å². The van der Waals surface area contributed by atoms with Crippen molar-refractivity contribution in [2.24, 2.45) is 0 Å². The van der Waals surface area contributed by atoms with Gasteiger partial charge in [0.15, 0.2) is 0 Å². The molecule has 1 aliphatic rings. The van der Waals surface area contributed by atoms with E-state index in [2.05, 4.69) is 24.1 Å². The lowest BCUT2D eigenvalue weighted by molar-refractivity contribution is 0.122. The van der Waals surface area contributed by atoms with Gasteiger partial charge in [0.2, 0.25) is 0 Å². The highest BCUT2D eigenvalue weighted by Gasteiger charge is 2.15. The normalized spacial score (nSPS) is 17.5. The number of halogens is 1. The van der Waals surface area contributed by atoms with E-state index < -0.39 is 0 Å². The van der Waals surface area contributed by atoms with Gasteiger partial charge in [-0.2, -0.15) is 0 Å². The van der Waals surface area contributed by atoms with E-state index in [0.29, 0.717) is 24.9 Å². The topological polar surface area (TPSA) is 24.5 Å². The molecule has 0 bridgehead atoms. The molecule has 19 heavy (non-hydrogen) atoms. The number of nitrogens with zero attached hydrogens (tertiary/aromatic N) is 1. The molecule has 1 saturated heterocycles. The molecule has 4 heteroatoms. The minimum atomic E-state index is -0.144. The lowest BCUT2D eigenvalue weighted by atomic mass is 10.1. The largest absolute Gasteiger partial charge is 0.378 e. The highest BCUT2D eigenvalue weighted by Crippen LogP contribution is 2.22. The molecule has 1 aromatic rings. The first-order valence-corrected chi connectivity index (χ1v) is 7.05. The van der Waals surface area contributed by atoms with Crippen LogP contribution in [0.25, 0.3) is 0 Å². The molecule has 0 saturated carbocycles. The van der Waals surface area contributed by atoms with Gasteiger partial charge in [-0.1, -0.05) is 13.0 Å². The average Bonchev–Trinajstić information content (AvgIpc) is 2.47. The zero-order chi connectivity index (χ0) is 13.7. The molecule has 3 nitrogen and oxygen atoms in total. The summed E-state index contributed by atoms with van der Waals surface area (Å²) in [6.07, 6.45) is 1.09. The lowest BCUT2D eigenvalue weighted by Crippen LogP contribution is -2.36. The van der Waals surface area contributed by atoms with Crippen LogP contribution in [0.3, 0.4) is 0 Å².